The summed E-state index contributed by atoms with van der Waals surface area (Å²) in [6.45, 7) is 4.48. The zero-order chi connectivity index (χ0) is 12.1. The molecule has 0 amide bonds. The van der Waals surface area contributed by atoms with Crippen molar-refractivity contribution in [3.63, 3.8) is 0 Å². The quantitative estimate of drug-likeness (QED) is 0.839. The first kappa shape index (κ1) is 13.4. The SMILES string of the molecule is CCNCC1CCCCC1Cc1ccc(Cl)s1. The van der Waals surface area contributed by atoms with Crippen LogP contribution < -0.4 is 5.32 Å². The smallest absolute Gasteiger partial charge is 0.0931 e. The Kier molecular flexibility index (Phi) is 5.33. The predicted octanol–water partition coefficient (Wildman–Crippen LogP) is 4.36. The summed E-state index contributed by atoms with van der Waals surface area (Å²) in [5, 5.41) is 3.52. The van der Waals surface area contributed by atoms with E-state index in [1.807, 2.05) is 6.07 Å². The van der Waals surface area contributed by atoms with Crippen molar-refractivity contribution < 1.29 is 0 Å². The van der Waals surface area contributed by atoms with Gasteiger partial charge in [-0.3, -0.25) is 0 Å². The molecule has 0 bridgehead atoms. The van der Waals surface area contributed by atoms with Crippen LogP contribution in [0.1, 0.15) is 37.5 Å². The average Bonchev–Trinajstić information content (AvgIpc) is 2.74. The van der Waals surface area contributed by atoms with E-state index in [9.17, 15) is 0 Å². The van der Waals surface area contributed by atoms with E-state index in [1.54, 1.807) is 11.3 Å². The van der Waals surface area contributed by atoms with Crippen LogP contribution in [0.2, 0.25) is 4.34 Å². The molecule has 17 heavy (non-hydrogen) atoms. The van der Waals surface area contributed by atoms with Gasteiger partial charge in [0.15, 0.2) is 0 Å². The molecule has 1 nitrogen and oxygen atoms in total. The molecule has 0 aromatic carbocycles. The van der Waals surface area contributed by atoms with Crippen LogP contribution in [0.4, 0.5) is 0 Å². The molecule has 1 aromatic rings. The molecule has 1 fully saturated rings. The minimum Gasteiger partial charge on any atom is -0.317 e. The topological polar surface area (TPSA) is 12.0 Å². The molecule has 0 spiro atoms. The van der Waals surface area contributed by atoms with Crippen molar-refractivity contribution in [1.29, 1.82) is 0 Å². The van der Waals surface area contributed by atoms with Gasteiger partial charge in [-0.2, -0.15) is 0 Å². The van der Waals surface area contributed by atoms with Gasteiger partial charge in [-0.25, -0.2) is 0 Å². The first-order chi connectivity index (χ1) is 8.29. The molecule has 2 atom stereocenters. The first-order valence-electron chi connectivity index (χ1n) is 6.74. The fourth-order valence-corrected chi connectivity index (χ4v) is 4.05. The lowest BCUT2D eigenvalue weighted by atomic mass is 9.77. The van der Waals surface area contributed by atoms with Crippen LogP contribution in [0.5, 0.6) is 0 Å². The Labute approximate surface area is 114 Å². The Morgan fingerprint density at radius 2 is 2.06 bits per heavy atom. The largest absolute Gasteiger partial charge is 0.317 e. The van der Waals surface area contributed by atoms with E-state index in [0.717, 1.165) is 22.7 Å². The van der Waals surface area contributed by atoms with Crippen molar-refractivity contribution >= 4 is 22.9 Å². The standard InChI is InChI=1S/C14H22ClNS/c1-2-16-10-12-6-4-3-5-11(12)9-13-7-8-14(15)17-13/h7-8,11-12,16H,2-6,9-10H2,1H3. The van der Waals surface area contributed by atoms with Gasteiger partial charge >= 0.3 is 0 Å². The summed E-state index contributed by atoms with van der Waals surface area (Å²) in [4.78, 5) is 1.46. The van der Waals surface area contributed by atoms with Gasteiger partial charge in [0.1, 0.15) is 0 Å². The van der Waals surface area contributed by atoms with Gasteiger partial charge in [-0.15, -0.1) is 11.3 Å². The number of halogens is 1. The molecule has 1 saturated carbocycles. The van der Waals surface area contributed by atoms with Crippen molar-refractivity contribution in [1.82, 2.24) is 5.32 Å². The normalized spacial score (nSPS) is 25.1. The molecule has 1 aromatic heterocycles. The summed E-state index contributed by atoms with van der Waals surface area (Å²) in [6.07, 6.45) is 6.85. The highest BCUT2D eigenvalue weighted by molar-refractivity contribution is 7.16. The summed E-state index contributed by atoms with van der Waals surface area (Å²) in [5.74, 6) is 1.72. The van der Waals surface area contributed by atoms with E-state index in [1.165, 1.54) is 43.5 Å². The third-order valence-electron chi connectivity index (χ3n) is 3.82. The Morgan fingerprint density at radius 3 is 2.71 bits per heavy atom. The van der Waals surface area contributed by atoms with E-state index in [0.29, 0.717) is 0 Å². The van der Waals surface area contributed by atoms with Gasteiger partial charge in [0.05, 0.1) is 4.34 Å². The maximum absolute atomic E-state index is 6.00. The highest BCUT2D eigenvalue weighted by atomic mass is 35.5. The van der Waals surface area contributed by atoms with Crippen molar-refractivity contribution in [3.05, 3.63) is 21.3 Å². The molecule has 2 rings (SSSR count). The van der Waals surface area contributed by atoms with Crippen molar-refractivity contribution in [3.8, 4) is 0 Å². The van der Waals surface area contributed by atoms with Crippen molar-refractivity contribution in [2.45, 2.75) is 39.0 Å². The second kappa shape index (κ2) is 6.77. The molecule has 3 heteroatoms. The van der Waals surface area contributed by atoms with Gasteiger partial charge in [0, 0.05) is 4.88 Å². The molecule has 1 aliphatic rings. The van der Waals surface area contributed by atoms with E-state index >= 15 is 0 Å². The Hall–Kier alpha value is -0.0500. The van der Waals surface area contributed by atoms with Crippen molar-refractivity contribution in [2.75, 3.05) is 13.1 Å². The lowest BCUT2D eigenvalue weighted by Crippen LogP contribution is -2.31. The van der Waals surface area contributed by atoms with Crippen molar-refractivity contribution in [2.24, 2.45) is 11.8 Å². The maximum atomic E-state index is 6.00. The molecule has 1 heterocycles. The van der Waals surface area contributed by atoms with Crippen LogP contribution in [0.3, 0.4) is 0 Å². The number of hydrogen-bond acceptors (Lipinski definition) is 2. The third kappa shape index (κ3) is 3.97. The lowest BCUT2D eigenvalue weighted by Gasteiger charge is -2.31. The van der Waals surface area contributed by atoms with E-state index < -0.39 is 0 Å². The summed E-state index contributed by atoms with van der Waals surface area (Å²) >= 11 is 7.76. The number of nitrogens with one attached hydrogen (secondary N) is 1. The maximum Gasteiger partial charge on any atom is 0.0931 e. The molecule has 0 saturated heterocycles. The average molecular weight is 272 g/mol. The summed E-state index contributed by atoms with van der Waals surface area (Å²) < 4.78 is 0.930. The monoisotopic (exact) mass is 271 g/mol. The molecule has 2 unspecified atom stereocenters. The predicted molar refractivity (Wildman–Crippen MR) is 77.0 cm³/mol. The van der Waals surface area contributed by atoms with Crippen LogP contribution in [-0.2, 0) is 6.42 Å². The van der Waals surface area contributed by atoms with E-state index in [-0.39, 0.29) is 0 Å². The third-order valence-corrected chi connectivity index (χ3v) is 5.07. The number of hydrogen-bond donors (Lipinski definition) is 1. The second-order valence-corrected chi connectivity index (χ2v) is 6.82. The molecule has 1 N–H and O–H groups in total. The molecule has 0 aliphatic heterocycles. The Morgan fingerprint density at radius 1 is 1.29 bits per heavy atom. The summed E-state index contributed by atoms with van der Waals surface area (Å²) in [5.41, 5.74) is 0. The van der Waals surface area contributed by atoms with Gasteiger partial charge in [-0.1, -0.05) is 31.4 Å². The Bertz CT molecular complexity index is 337. The van der Waals surface area contributed by atoms with Gasteiger partial charge < -0.3 is 5.32 Å². The highest BCUT2D eigenvalue weighted by Gasteiger charge is 2.25. The minimum absolute atomic E-state index is 0.859. The molecular formula is C14H22ClNS. The van der Waals surface area contributed by atoms with Crippen LogP contribution >= 0.6 is 22.9 Å². The zero-order valence-corrected chi connectivity index (χ0v) is 12.1. The lowest BCUT2D eigenvalue weighted by molar-refractivity contribution is 0.230. The van der Waals surface area contributed by atoms with Gasteiger partial charge in [0.25, 0.3) is 0 Å². The molecular weight excluding hydrogens is 250 g/mol. The highest BCUT2D eigenvalue weighted by Crippen LogP contribution is 2.34. The van der Waals surface area contributed by atoms with Gasteiger partial charge in [0.2, 0.25) is 0 Å². The van der Waals surface area contributed by atoms with Gasteiger partial charge in [-0.05, 0) is 56.3 Å². The molecule has 0 radical (unpaired) electrons. The van der Waals surface area contributed by atoms with E-state index in [2.05, 4.69) is 18.3 Å². The van der Waals surface area contributed by atoms with Crippen LogP contribution in [0.15, 0.2) is 12.1 Å². The van der Waals surface area contributed by atoms with Crippen LogP contribution in [0.25, 0.3) is 0 Å². The fraction of sp³-hybridized carbons (Fsp3) is 0.714. The van der Waals surface area contributed by atoms with Crippen LogP contribution in [-0.4, -0.2) is 13.1 Å². The number of rotatable bonds is 5. The van der Waals surface area contributed by atoms with Crippen LogP contribution in [0, 0.1) is 11.8 Å². The fourth-order valence-electron chi connectivity index (χ4n) is 2.87. The second-order valence-electron chi connectivity index (χ2n) is 5.02. The summed E-state index contributed by atoms with van der Waals surface area (Å²) in [6, 6.07) is 4.23. The van der Waals surface area contributed by atoms with E-state index in [4.69, 9.17) is 11.6 Å². The zero-order valence-electron chi connectivity index (χ0n) is 10.5. The first-order valence-corrected chi connectivity index (χ1v) is 7.94. The Balaban J connectivity index is 1.91. The number of thiophene rings is 1. The summed E-state index contributed by atoms with van der Waals surface area (Å²) in [7, 11) is 0. The molecule has 1 aliphatic carbocycles. The molecule has 96 valence electrons. The minimum atomic E-state index is 0.859.